The van der Waals surface area contributed by atoms with Crippen molar-refractivity contribution in [3.05, 3.63) is 65.4 Å². The smallest absolute Gasteiger partial charge is 0.0457 e. The second-order valence-electron chi connectivity index (χ2n) is 5.03. The minimum absolute atomic E-state index is 0.842. The first-order valence-electron chi connectivity index (χ1n) is 6.60. The van der Waals surface area contributed by atoms with Gasteiger partial charge in [-0.3, -0.25) is 0 Å². The zero-order chi connectivity index (χ0) is 13.2. The predicted molar refractivity (Wildman–Crippen MR) is 81.5 cm³/mol. The fourth-order valence-electron chi connectivity index (χ4n) is 2.39. The van der Waals surface area contributed by atoms with Gasteiger partial charge in [-0.1, -0.05) is 30.3 Å². The van der Waals surface area contributed by atoms with Gasteiger partial charge in [-0.15, -0.1) is 0 Å². The summed E-state index contributed by atoms with van der Waals surface area (Å²) in [7, 11) is 0. The molecule has 0 unspecified atom stereocenters. The van der Waals surface area contributed by atoms with Crippen LogP contribution in [0.3, 0.4) is 0 Å². The van der Waals surface area contributed by atoms with Gasteiger partial charge in [0.2, 0.25) is 0 Å². The molecule has 0 spiro atoms. The Kier molecular flexibility index (Phi) is 3.00. The molecule has 19 heavy (non-hydrogen) atoms. The zero-order valence-corrected chi connectivity index (χ0v) is 11.3. The summed E-state index contributed by atoms with van der Waals surface area (Å²) in [4.78, 5) is 3.31. The molecular formula is C17H18N2. The molecule has 1 heterocycles. The zero-order valence-electron chi connectivity index (χ0n) is 11.3. The van der Waals surface area contributed by atoms with Crippen LogP contribution in [0.15, 0.2) is 48.7 Å². The summed E-state index contributed by atoms with van der Waals surface area (Å²) < 4.78 is 0. The maximum Gasteiger partial charge on any atom is 0.0457 e. The van der Waals surface area contributed by atoms with E-state index in [1.165, 1.54) is 33.3 Å². The van der Waals surface area contributed by atoms with Crippen molar-refractivity contribution in [3.63, 3.8) is 0 Å². The van der Waals surface area contributed by atoms with E-state index in [9.17, 15) is 0 Å². The normalized spacial score (nSPS) is 10.8. The summed E-state index contributed by atoms with van der Waals surface area (Å²) in [5.41, 5.74) is 6.28. The average Bonchev–Trinajstić information content (AvgIpc) is 2.83. The Balaban J connectivity index is 1.84. The fourth-order valence-corrected chi connectivity index (χ4v) is 2.39. The van der Waals surface area contributed by atoms with Gasteiger partial charge in [-0.2, -0.15) is 0 Å². The first kappa shape index (κ1) is 11.8. The third-order valence-corrected chi connectivity index (χ3v) is 3.54. The monoisotopic (exact) mass is 250 g/mol. The lowest BCUT2D eigenvalue weighted by Gasteiger charge is -2.10. The van der Waals surface area contributed by atoms with Crippen LogP contribution in [0.5, 0.6) is 0 Å². The number of nitrogens with one attached hydrogen (secondary N) is 2. The lowest BCUT2D eigenvalue weighted by Crippen LogP contribution is -2.00. The van der Waals surface area contributed by atoms with Gasteiger partial charge in [0.1, 0.15) is 0 Å². The van der Waals surface area contributed by atoms with Gasteiger partial charge in [-0.05, 0) is 42.7 Å². The van der Waals surface area contributed by atoms with Crippen LogP contribution in [0.2, 0.25) is 0 Å². The molecule has 1 aromatic heterocycles. The van der Waals surface area contributed by atoms with Gasteiger partial charge >= 0.3 is 0 Å². The molecule has 2 aromatic carbocycles. The quantitative estimate of drug-likeness (QED) is 0.708. The first-order chi connectivity index (χ1) is 9.24. The molecular weight excluding hydrogens is 232 g/mol. The van der Waals surface area contributed by atoms with Crippen molar-refractivity contribution in [1.29, 1.82) is 0 Å². The molecule has 0 aliphatic carbocycles. The summed E-state index contributed by atoms with van der Waals surface area (Å²) in [5, 5.41) is 4.82. The summed E-state index contributed by atoms with van der Waals surface area (Å²) in [6.45, 7) is 5.10. The number of hydrogen-bond acceptors (Lipinski definition) is 1. The second kappa shape index (κ2) is 4.81. The molecule has 0 saturated heterocycles. The van der Waals surface area contributed by atoms with Crippen molar-refractivity contribution in [2.75, 3.05) is 5.32 Å². The number of para-hydroxylation sites is 1. The Bertz CT molecular complexity index is 710. The van der Waals surface area contributed by atoms with E-state index in [0.29, 0.717) is 0 Å². The Labute approximate surface area is 113 Å². The Morgan fingerprint density at radius 2 is 1.89 bits per heavy atom. The van der Waals surface area contributed by atoms with Gasteiger partial charge < -0.3 is 10.3 Å². The molecule has 0 bridgehead atoms. The molecule has 2 heteroatoms. The van der Waals surface area contributed by atoms with Crippen LogP contribution in [-0.2, 0) is 6.54 Å². The van der Waals surface area contributed by atoms with Gasteiger partial charge in [0, 0.05) is 29.3 Å². The molecule has 0 radical (unpaired) electrons. The van der Waals surface area contributed by atoms with Gasteiger partial charge in [0.25, 0.3) is 0 Å². The molecule has 0 fully saturated rings. The maximum absolute atomic E-state index is 3.53. The standard InChI is InChI=1S/C17H18N2/c1-12-7-8-13(2)17(9-12)19-11-14-10-18-16-6-4-3-5-15(14)16/h3-10,18-19H,11H2,1-2H3. The number of anilines is 1. The van der Waals surface area contributed by atoms with Gasteiger partial charge in [0.05, 0.1) is 0 Å². The van der Waals surface area contributed by atoms with Gasteiger partial charge in [0.15, 0.2) is 0 Å². The summed E-state index contributed by atoms with van der Waals surface area (Å²) in [6, 6.07) is 14.9. The summed E-state index contributed by atoms with van der Waals surface area (Å²) >= 11 is 0. The number of rotatable bonds is 3. The molecule has 0 amide bonds. The van der Waals surface area contributed by atoms with Crippen molar-refractivity contribution in [2.24, 2.45) is 0 Å². The molecule has 3 aromatic rings. The van der Waals surface area contributed by atoms with Crippen LogP contribution >= 0.6 is 0 Å². The van der Waals surface area contributed by atoms with Crippen LogP contribution in [-0.4, -0.2) is 4.98 Å². The fraction of sp³-hybridized carbons (Fsp3) is 0.176. The molecule has 0 atom stereocenters. The molecule has 2 N–H and O–H groups in total. The van der Waals surface area contributed by atoms with E-state index in [1.807, 2.05) is 0 Å². The molecule has 2 nitrogen and oxygen atoms in total. The van der Waals surface area contributed by atoms with E-state index in [4.69, 9.17) is 0 Å². The topological polar surface area (TPSA) is 27.8 Å². The average molecular weight is 250 g/mol. The third kappa shape index (κ3) is 2.34. The van der Waals surface area contributed by atoms with Crippen LogP contribution in [0.1, 0.15) is 16.7 Å². The number of H-pyrrole nitrogens is 1. The highest BCUT2D eigenvalue weighted by Crippen LogP contribution is 2.21. The third-order valence-electron chi connectivity index (χ3n) is 3.54. The number of benzene rings is 2. The first-order valence-corrected chi connectivity index (χ1v) is 6.60. The lowest BCUT2D eigenvalue weighted by atomic mass is 10.1. The van der Waals surface area contributed by atoms with Crippen LogP contribution < -0.4 is 5.32 Å². The van der Waals surface area contributed by atoms with Crippen molar-refractivity contribution >= 4 is 16.6 Å². The van der Waals surface area contributed by atoms with E-state index in [0.717, 1.165) is 6.54 Å². The minimum atomic E-state index is 0.842. The number of aryl methyl sites for hydroxylation is 2. The highest BCUT2D eigenvalue weighted by Gasteiger charge is 2.03. The molecule has 96 valence electrons. The second-order valence-corrected chi connectivity index (χ2v) is 5.03. The number of hydrogen-bond donors (Lipinski definition) is 2. The van der Waals surface area contributed by atoms with Gasteiger partial charge in [-0.25, -0.2) is 0 Å². The van der Waals surface area contributed by atoms with Crippen LogP contribution in [0.25, 0.3) is 10.9 Å². The predicted octanol–water partition coefficient (Wildman–Crippen LogP) is 4.40. The van der Waals surface area contributed by atoms with E-state index in [-0.39, 0.29) is 0 Å². The van der Waals surface area contributed by atoms with E-state index >= 15 is 0 Å². The summed E-state index contributed by atoms with van der Waals surface area (Å²) in [5.74, 6) is 0. The number of aromatic amines is 1. The van der Waals surface area contributed by atoms with Crippen molar-refractivity contribution in [1.82, 2.24) is 4.98 Å². The van der Waals surface area contributed by atoms with Crippen LogP contribution in [0, 0.1) is 13.8 Å². The van der Waals surface area contributed by atoms with Crippen molar-refractivity contribution < 1.29 is 0 Å². The number of fused-ring (bicyclic) bond motifs is 1. The number of aromatic nitrogens is 1. The largest absolute Gasteiger partial charge is 0.381 e. The van der Waals surface area contributed by atoms with E-state index in [2.05, 4.69) is 72.8 Å². The Hall–Kier alpha value is -2.22. The summed E-state index contributed by atoms with van der Waals surface area (Å²) in [6.07, 6.45) is 2.09. The van der Waals surface area contributed by atoms with Crippen LogP contribution in [0.4, 0.5) is 5.69 Å². The van der Waals surface area contributed by atoms with Crippen molar-refractivity contribution in [2.45, 2.75) is 20.4 Å². The molecule has 0 aliphatic heterocycles. The highest BCUT2D eigenvalue weighted by atomic mass is 14.9. The SMILES string of the molecule is Cc1ccc(C)c(NCc2c[nH]c3ccccc23)c1. The van der Waals surface area contributed by atoms with Crippen molar-refractivity contribution in [3.8, 4) is 0 Å². The van der Waals surface area contributed by atoms with E-state index in [1.54, 1.807) is 0 Å². The highest BCUT2D eigenvalue weighted by molar-refractivity contribution is 5.83. The molecule has 0 saturated carbocycles. The lowest BCUT2D eigenvalue weighted by molar-refractivity contribution is 1.15. The maximum atomic E-state index is 3.53. The molecule has 3 rings (SSSR count). The molecule has 0 aliphatic rings. The van der Waals surface area contributed by atoms with E-state index < -0.39 is 0 Å². The Morgan fingerprint density at radius 1 is 1.05 bits per heavy atom. The minimum Gasteiger partial charge on any atom is -0.381 e. The Morgan fingerprint density at radius 3 is 2.79 bits per heavy atom.